The van der Waals surface area contributed by atoms with E-state index >= 15 is 0 Å². The van der Waals surface area contributed by atoms with E-state index in [9.17, 15) is 0 Å². The standard InChI is InChI=1S/C8H10N4S/c9-7-4-2-1-3-6(7)5-11-12-8(10)13/h1-5H,9H2,(H3,10,12,13). The first-order valence-corrected chi connectivity index (χ1v) is 4.04. The Morgan fingerprint density at radius 2 is 2.15 bits per heavy atom. The fraction of sp³-hybridized carbons (Fsp3) is 0. The minimum atomic E-state index is 0.130. The number of thiocarbonyl (C=S) groups is 1. The number of hydrogen-bond acceptors (Lipinski definition) is 3. The molecule has 1 rings (SSSR count). The molecule has 1 aromatic carbocycles. The number of rotatable bonds is 2. The number of benzene rings is 1. The first-order chi connectivity index (χ1) is 6.20. The molecule has 0 spiro atoms. The van der Waals surface area contributed by atoms with Crippen molar-refractivity contribution >= 4 is 29.2 Å². The van der Waals surface area contributed by atoms with E-state index in [0.717, 1.165) is 5.56 Å². The summed E-state index contributed by atoms with van der Waals surface area (Å²) in [5.74, 6) is 0. The van der Waals surface area contributed by atoms with Gasteiger partial charge in [0, 0.05) is 11.3 Å². The maximum atomic E-state index is 5.65. The minimum absolute atomic E-state index is 0.130. The molecule has 4 nitrogen and oxygen atoms in total. The highest BCUT2D eigenvalue weighted by Gasteiger charge is 1.91. The lowest BCUT2D eigenvalue weighted by Gasteiger charge is -1.98. The fourth-order valence-corrected chi connectivity index (χ4v) is 0.847. The molecule has 5 N–H and O–H groups in total. The van der Waals surface area contributed by atoms with Crippen LogP contribution in [0, 0.1) is 0 Å². The van der Waals surface area contributed by atoms with Crippen LogP contribution < -0.4 is 16.9 Å². The quantitative estimate of drug-likeness (QED) is 0.276. The van der Waals surface area contributed by atoms with Gasteiger partial charge in [-0.2, -0.15) is 5.10 Å². The second-order valence-corrected chi connectivity index (χ2v) is 2.80. The molecule has 0 aliphatic carbocycles. The predicted molar refractivity (Wildman–Crippen MR) is 58.4 cm³/mol. The first-order valence-electron chi connectivity index (χ1n) is 3.63. The van der Waals surface area contributed by atoms with Crippen molar-refractivity contribution < 1.29 is 0 Å². The number of nitrogen functional groups attached to an aromatic ring is 1. The van der Waals surface area contributed by atoms with Gasteiger partial charge in [0.25, 0.3) is 0 Å². The molecule has 0 fully saturated rings. The fourth-order valence-electron chi connectivity index (χ4n) is 0.794. The summed E-state index contributed by atoms with van der Waals surface area (Å²) in [5, 5.41) is 3.91. The molecule has 0 saturated carbocycles. The normalized spacial score (nSPS) is 10.2. The zero-order valence-corrected chi connectivity index (χ0v) is 7.71. The van der Waals surface area contributed by atoms with Crippen LogP contribution in [0.4, 0.5) is 5.69 Å². The first kappa shape index (κ1) is 9.47. The molecular weight excluding hydrogens is 184 g/mol. The van der Waals surface area contributed by atoms with Crippen LogP contribution in [0.3, 0.4) is 0 Å². The van der Waals surface area contributed by atoms with Crippen molar-refractivity contribution in [1.82, 2.24) is 5.43 Å². The van der Waals surface area contributed by atoms with Gasteiger partial charge >= 0.3 is 0 Å². The maximum Gasteiger partial charge on any atom is 0.184 e. The van der Waals surface area contributed by atoms with Crippen LogP contribution in [0.2, 0.25) is 0 Å². The number of para-hydroxylation sites is 1. The van der Waals surface area contributed by atoms with Gasteiger partial charge in [0.1, 0.15) is 0 Å². The average molecular weight is 194 g/mol. The second-order valence-electron chi connectivity index (χ2n) is 2.36. The van der Waals surface area contributed by atoms with Crippen molar-refractivity contribution in [3.05, 3.63) is 29.8 Å². The number of nitrogens with two attached hydrogens (primary N) is 2. The molecule has 0 aliphatic rings. The molecule has 5 heteroatoms. The van der Waals surface area contributed by atoms with Crippen molar-refractivity contribution in [3.63, 3.8) is 0 Å². The number of nitrogens with zero attached hydrogens (tertiary/aromatic N) is 1. The summed E-state index contributed by atoms with van der Waals surface area (Å²) in [4.78, 5) is 0. The number of hydrogen-bond donors (Lipinski definition) is 3. The molecule has 0 bridgehead atoms. The third-order valence-electron chi connectivity index (χ3n) is 1.37. The van der Waals surface area contributed by atoms with Crippen LogP contribution in [-0.4, -0.2) is 11.3 Å². The number of hydrazone groups is 1. The Morgan fingerprint density at radius 1 is 1.46 bits per heavy atom. The molecule has 0 radical (unpaired) electrons. The third-order valence-corrected chi connectivity index (χ3v) is 1.47. The molecule has 0 atom stereocenters. The Balaban J connectivity index is 2.68. The van der Waals surface area contributed by atoms with Crippen LogP contribution in [0.25, 0.3) is 0 Å². The Labute approximate surface area is 81.6 Å². The van der Waals surface area contributed by atoms with E-state index in [1.807, 2.05) is 18.2 Å². The highest BCUT2D eigenvalue weighted by atomic mass is 32.1. The van der Waals surface area contributed by atoms with Gasteiger partial charge in [0.2, 0.25) is 0 Å². The largest absolute Gasteiger partial charge is 0.398 e. The van der Waals surface area contributed by atoms with Gasteiger partial charge in [0.15, 0.2) is 5.11 Å². The van der Waals surface area contributed by atoms with Crippen molar-refractivity contribution in [2.45, 2.75) is 0 Å². The van der Waals surface area contributed by atoms with Crippen LogP contribution in [0.15, 0.2) is 29.4 Å². The highest BCUT2D eigenvalue weighted by Crippen LogP contribution is 2.06. The molecule has 13 heavy (non-hydrogen) atoms. The van der Waals surface area contributed by atoms with Gasteiger partial charge in [0.05, 0.1) is 6.21 Å². The topological polar surface area (TPSA) is 76.4 Å². The predicted octanol–water partition coefficient (Wildman–Crippen LogP) is 0.436. The van der Waals surface area contributed by atoms with E-state index < -0.39 is 0 Å². The monoisotopic (exact) mass is 194 g/mol. The summed E-state index contributed by atoms with van der Waals surface area (Å²) in [5.41, 5.74) is 14.8. The lowest BCUT2D eigenvalue weighted by atomic mass is 10.2. The molecule has 0 aromatic heterocycles. The molecule has 0 amide bonds. The van der Waals surface area contributed by atoms with E-state index in [2.05, 4.69) is 22.7 Å². The van der Waals surface area contributed by atoms with Crippen molar-refractivity contribution in [2.24, 2.45) is 10.8 Å². The van der Waals surface area contributed by atoms with E-state index in [1.54, 1.807) is 12.3 Å². The summed E-state index contributed by atoms with van der Waals surface area (Å²) in [6, 6.07) is 7.37. The van der Waals surface area contributed by atoms with Crippen LogP contribution in [-0.2, 0) is 0 Å². The summed E-state index contributed by atoms with van der Waals surface area (Å²) in [7, 11) is 0. The van der Waals surface area contributed by atoms with E-state index in [1.165, 1.54) is 0 Å². The lowest BCUT2D eigenvalue weighted by molar-refractivity contribution is 1.04. The van der Waals surface area contributed by atoms with Gasteiger partial charge in [-0.15, -0.1) is 0 Å². The molecule has 1 aromatic rings. The molecule has 68 valence electrons. The number of anilines is 1. The van der Waals surface area contributed by atoms with E-state index in [0.29, 0.717) is 5.69 Å². The van der Waals surface area contributed by atoms with Gasteiger partial charge in [-0.25, -0.2) is 0 Å². The van der Waals surface area contributed by atoms with E-state index in [-0.39, 0.29) is 5.11 Å². The number of nitrogens with one attached hydrogen (secondary N) is 1. The highest BCUT2D eigenvalue weighted by molar-refractivity contribution is 7.80. The van der Waals surface area contributed by atoms with Gasteiger partial charge in [-0.1, -0.05) is 18.2 Å². The summed E-state index contributed by atoms with van der Waals surface area (Å²) < 4.78 is 0. The second kappa shape index (κ2) is 4.42. The molecule has 0 saturated heterocycles. The summed E-state index contributed by atoms with van der Waals surface area (Å²) in [6.07, 6.45) is 1.56. The van der Waals surface area contributed by atoms with Gasteiger partial charge < -0.3 is 11.5 Å². The van der Waals surface area contributed by atoms with Crippen LogP contribution >= 0.6 is 12.2 Å². The molecular formula is C8H10N4S. The Hall–Kier alpha value is -1.62. The average Bonchev–Trinajstić information content (AvgIpc) is 2.08. The van der Waals surface area contributed by atoms with Gasteiger partial charge in [-0.05, 0) is 18.3 Å². The summed E-state index contributed by atoms with van der Waals surface area (Å²) in [6.45, 7) is 0. The SMILES string of the molecule is NC(=S)NN=Cc1ccccc1N. The maximum absolute atomic E-state index is 5.65. The zero-order valence-electron chi connectivity index (χ0n) is 6.90. The van der Waals surface area contributed by atoms with Gasteiger partial charge in [-0.3, -0.25) is 5.43 Å². The molecule has 0 unspecified atom stereocenters. The zero-order chi connectivity index (χ0) is 9.68. The molecule has 0 heterocycles. The van der Waals surface area contributed by atoms with Crippen LogP contribution in [0.1, 0.15) is 5.56 Å². The summed E-state index contributed by atoms with van der Waals surface area (Å²) >= 11 is 4.57. The van der Waals surface area contributed by atoms with Crippen molar-refractivity contribution in [2.75, 3.05) is 5.73 Å². The lowest BCUT2D eigenvalue weighted by Crippen LogP contribution is -2.24. The smallest absolute Gasteiger partial charge is 0.184 e. The molecule has 0 aliphatic heterocycles. The van der Waals surface area contributed by atoms with E-state index in [4.69, 9.17) is 11.5 Å². The Kier molecular flexibility index (Phi) is 3.22. The third kappa shape index (κ3) is 3.08. The Morgan fingerprint density at radius 3 is 2.77 bits per heavy atom. The van der Waals surface area contributed by atoms with Crippen molar-refractivity contribution in [3.8, 4) is 0 Å². The minimum Gasteiger partial charge on any atom is -0.398 e. The van der Waals surface area contributed by atoms with Crippen LogP contribution in [0.5, 0.6) is 0 Å². The Bertz CT molecular complexity index is 335. The van der Waals surface area contributed by atoms with Crippen molar-refractivity contribution in [1.29, 1.82) is 0 Å².